The summed E-state index contributed by atoms with van der Waals surface area (Å²) in [6, 6.07) is 13.5. The number of para-hydroxylation sites is 2. The number of hydrogen-bond donors (Lipinski definition) is 1. The summed E-state index contributed by atoms with van der Waals surface area (Å²) in [5.74, 6) is -1.25. The zero-order valence-electron chi connectivity index (χ0n) is 16.9. The number of nitrogens with zero attached hydrogens (tertiary/aromatic N) is 2. The van der Waals surface area contributed by atoms with Gasteiger partial charge in [-0.2, -0.15) is 0 Å². The molecule has 8 heteroatoms. The van der Waals surface area contributed by atoms with Crippen LogP contribution >= 0.6 is 0 Å². The molecule has 0 fully saturated rings. The second-order valence-electron chi connectivity index (χ2n) is 6.85. The van der Waals surface area contributed by atoms with Gasteiger partial charge in [-0.05, 0) is 42.8 Å². The molecule has 0 saturated carbocycles. The number of amides is 1. The van der Waals surface area contributed by atoms with Crippen LogP contribution in [-0.4, -0.2) is 33.4 Å². The van der Waals surface area contributed by atoms with Gasteiger partial charge in [0.15, 0.2) is 12.4 Å². The highest BCUT2D eigenvalue weighted by Crippen LogP contribution is 2.14. The van der Waals surface area contributed by atoms with Crippen LogP contribution in [0.3, 0.4) is 0 Å². The number of ether oxygens (including phenoxy) is 1. The van der Waals surface area contributed by atoms with Crippen LogP contribution in [0.5, 0.6) is 0 Å². The lowest BCUT2D eigenvalue weighted by Gasteiger charge is -2.07. The van der Waals surface area contributed by atoms with E-state index in [2.05, 4.69) is 5.32 Å². The molecule has 2 aromatic carbocycles. The third kappa shape index (κ3) is 4.65. The van der Waals surface area contributed by atoms with Crippen molar-refractivity contribution in [3.8, 4) is 0 Å². The molecule has 0 radical (unpaired) electrons. The van der Waals surface area contributed by atoms with E-state index < -0.39 is 12.6 Å². The Morgan fingerprint density at radius 2 is 1.60 bits per heavy atom. The number of esters is 1. The third-order valence-electron chi connectivity index (χ3n) is 4.55. The Morgan fingerprint density at radius 3 is 2.20 bits per heavy atom. The van der Waals surface area contributed by atoms with E-state index in [1.54, 1.807) is 41.0 Å². The van der Waals surface area contributed by atoms with Gasteiger partial charge in [0, 0.05) is 24.7 Å². The van der Waals surface area contributed by atoms with Crippen molar-refractivity contribution in [3.63, 3.8) is 0 Å². The standard InChI is InChI=1S/C22H23N3O5/c1-3-12-24-18-6-4-5-7-19(18)25(22(24)29)13-21(28)30-14-20(27)16-8-10-17(11-9-16)23-15(2)26/h4-11H,3,12-14H2,1-2H3,(H,23,26). The monoisotopic (exact) mass is 409 g/mol. The molecular formula is C22H23N3O5. The molecule has 1 aromatic heterocycles. The number of fused-ring (bicyclic) bond motifs is 1. The minimum Gasteiger partial charge on any atom is -0.456 e. The molecular weight excluding hydrogens is 386 g/mol. The van der Waals surface area contributed by atoms with Crippen LogP contribution in [0.2, 0.25) is 0 Å². The van der Waals surface area contributed by atoms with Gasteiger partial charge in [-0.1, -0.05) is 19.1 Å². The van der Waals surface area contributed by atoms with Crippen LogP contribution in [0.25, 0.3) is 11.0 Å². The summed E-state index contributed by atoms with van der Waals surface area (Å²) in [6.45, 7) is 3.21. The lowest BCUT2D eigenvalue weighted by Crippen LogP contribution is -2.28. The van der Waals surface area contributed by atoms with Gasteiger partial charge in [0.05, 0.1) is 11.0 Å². The fourth-order valence-electron chi connectivity index (χ4n) is 3.21. The van der Waals surface area contributed by atoms with Crippen molar-refractivity contribution >= 4 is 34.4 Å². The Balaban J connectivity index is 1.66. The fourth-order valence-corrected chi connectivity index (χ4v) is 3.21. The second kappa shape index (κ2) is 9.21. The number of carbonyl (C=O) groups is 3. The first-order valence-electron chi connectivity index (χ1n) is 9.65. The minimum atomic E-state index is -0.667. The third-order valence-corrected chi connectivity index (χ3v) is 4.55. The molecule has 0 unspecified atom stereocenters. The number of benzene rings is 2. The lowest BCUT2D eigenvalue weighted by molar-refractivity contribution is -0.143. The van der Waals surface area contributed by atoms with E-state index in [1.807, 2.05) is 19.1 Å². The summed E-state index contributed by atoms with van der Waals surface area (Å²) in [6.07, 6.45) is 0.785. The number of aryl methyl sites for hydroxylation is 1. The first kappa shape index (κ1) is 21.0. The average Bonchev–Trinajstić information content (AvgIpc) is 2.98. The van der Waals surface area contributed by atoms with Crippen molar-refractivity contribution in [1.82, 2.24) is 9.13 Å². The van der Waals surface area contributed by atoms with E-state index in [1.165, 1.54) is 11.5 Å². The zero-order chi connectivity index (χ0) is 21.7. The fraction of sp³-hybridized carbons (Fsp3) is 0.273. The van der Waals surface area contributed by atoms with E-state index in [4.69, 9.17) is 4.74 Å². The van der Waals surface area contributed by atoms with Crippen LogP contribution in [0, 0.1) is 0 Å². The van der Waals surface area contributed by atoms with Crippen LogP contribution in [0.4, 0.5) is 5.69 Å². The highest BCUT2D eigenvalue weighted by atomic mass is 16.5. The Bertz CT molecular complexity index is 1140. The first-order valence-corrected chi connectivity index (χ1v) is 9.65. The van der Waals surface area contributed by atoms with Gasteiger partial charge < -0.3 is 10.1 Å². The van der Waals surface area contributed by atoms with Gasteiger partial charge in [-0.15, -0.1) is 0 Å². The molecule has 0 aliphatic carbocycles. The maximum absolute atomic E-state index is 12.7. The maximum Gasteiger partial charge on any atom is 0.329 e. The van der Waals surface area contributed by atoms with E-state index in [0.29, 0.717) is 23.3 Å². The number of carbonyl (C=O) groups excluding carboxylic acids is 3. The molecule has 3 rings (SSSR count). The number of rotatable bonds is 8. The van der Waals surface area contributed by atoms with Gasteiger partial charge >= 0.3 is 11.7 Å². The normalized spacial score (nSPS) is 10.7. The van der Waals surface area contributed by atoms with E-state index in [0.717, 1.165) is 11.9 Å². The first-order chi connectivity index (χ1) is 14.4. The van der Waals surface area contributed by atoms with Gasteiger partial charge in [0.2, 0.25) is 5.91 Å². The van der Waals surface area contributed by atoms with Crippen LogP contribution < -0.4 is 11.0 Å². The van der Waals surface area contributed by atoms with Crippen molar-refractivity contribution in [2.75, 3.05) is 11.9 Å². The van der Waals surface area contributed by atoms with Crippen LogP contribution in [0.1, 0.15) is 30.6 Å². The molecule has 0 spiro atoms. The summed E-state index contributed by atoms with van der Waals surface area (Å²) in [5.41, 5.74) is 2.04. The maximum atomic E-state index is 12.7. The van der Waals surface area contributed by atoms with Crippen LogP contribution in [0.15, 0.2) is 53.3 Å². The number of Topliss-reactive ketones (excluding diaryl/α,β-unsaturated/α-hetero) is 1. The highest BCUT2D eigenvalue weighted by molar-refractivity contribution is 5.98. The number of nitrogens with one attached hydrogen (secondary N) is 1. The van der Waals surface area contributed by atoms with Gasteiger partial charge in [0.1, 0.15) is 6.54 Å². The predicted octanol–water partition coefficient (Wildman–Crippen LogP) is 2.60. The van der Waals surface area contributed by atoms with Crippen molar-refractivity contribution in [2.45, 2.75) is 33.4 Å². The quantitative estimate of drug-likeness (QED) is 0.455. The number of imidazole rings is 1. The molecule has 1 N–H and O–H groups in total. The number of hydrogen-bond acceptors (Lipinski definition) is 5. The molecule has 0 atom stereocenters. The molecule has 0 bridgehead atoms. The molecule has 1 amide bonds. The summed E-state index contributed by atoms with van der Waals surface area (Å²) < 4.78 is 8.09. The van der Waals surface area contributed by atoms with Crippen molar-refractivity contribution < 1.29 is 19.1 Å². The largest absolute Gasteiger partial charge is 0.456 e. The number of anilines is 1. The zero-order valence-corrected chi connectivity index (χ0v) is 16.9. The minimum absolute atomic E-state index is 0.210. The molecule has 0 saturated heterocycles. The van der Waals surface area contributed by atoms with Gasteiger partial charge in [-0.25, -0.2) is 4.79 Å². The predicted molar refractivity (Wildman–Crippen MR) is 113 cm³/mol. The van der Waals surface area contributed by atoms with Crippen LogP contribution in [-0.2, 0) is 27.4 Å². The molecule has 30 heavy (non-hydrogen) atoms. The van der Waals surface area contributed by atoms with Crippen molar-refractivity contribution in [1.29, 1.82) is 0 Å². The molecule has 8 nitrogen and oxygen atoms in total. The van der Waals surface area contributed by atoms with Crippen molar-refractivity contribution in [2.24, 2.45) is 0 Å². The summed E-state index contributed by atoms with van der Waals surface area (Å²) in [4.78, 5) is 48.3. The smallest absolute Gasteiger partial charge is 0.329 e. The van der Waals surface area contributed by atoms with Gasteiger partial charge in [-0.3, -0.25) is 23.5 Å². The van der Waals surface area contributed by atoms with E-state index in [9.17, 15) is 19.2 Å². The van der Waals surface area contributed by atoms with E-state index in [-0.39, 0.29) is 23.9 Å². The number of ketones is 1. The summed E-state index contributed by atoms with van der Waals surface area (Å²) in [7, 11) is 0. The SMILES string of the molecule is CCCn1c(=O)n(CC(=O)OCC(=O)c2ccc(NC(C)=O)cc2)c2ccccc21. The summed E-state index contributed by atoms with van der Waals surface area (Å²) >= 11 is 0. The average molecular weight is 409 g/mol. The Hall–Kier alpha value is -3.68. The molecule has 0 aliphatic rings. The second-order valence-corrected chi connectivity index (χ2v) is 6.85. The molecule has 0 aliphatic heterocycles. The summed E-state index contributed by atoms with van der Waals surface area (Å²) in [5, 5.41) is 2.61. The highest BCUT2D eigenvalue weighted by Gasteiger charge is 2.17. The topological polar surface area (TPSA) is 99.4 Å². The Kier molecular flexibility index (Phi) is 6.46. The van der Waals surface area contributed by atoms with Crippen molar-refractivity contribution in [3.05, 3.63) is 64.6 Å². The Labute approximate surface area is 173 Å². The molecule has 1 heterocycles. The molecule has 156 valence electrons. The lowest BCUT2D eigenvalue weighted by atomic mass is 10.1. The Morgan fingerprint density at radius 1 is 0.967 bits per heavy atom. The molecule has 3 aromatic rings. The van der Waals surface area contributed by atoms with Gasteiger partial charge in [0.25, 0.3) is 0 Å². The number of aromatic nitrogens is 2. The van der Waals surface area contributed by atoms with E-state index >= 15 is 0 Å².